The number of hydrogen-bond acceptors (Lipinski definition) is 5. The molecule has 0 aliphatic heterocycles. The molecule has 0 amide bonds. The molecule has 1 aromatic heterocycles. The molecule has 4 nitrogen and oxygen atoms in total. The Morgan fingerprint density at radius 2 is 2.00 bits per heavy atom. The molecule has 3 rings (SSSR count). The van der Waals surface area contributed by atoms with Gasteiger partial charge in [-0.1, -0.05) is 17.7 Å². The van der Waals surface area contributed by atoms with E-state index >= 15 is 0 Å². The minimum absolute atomic E-state index is 0.511. The van der Waals surface area contributed by atoms with Crippen LogP contribution in [-0.2, 0) is 0 Å². The first kappa shape index (κ1) is 18.7. The maximum absolute atomic E-state index is 9.54. The molecule has 0 spiro atoms. The second-order valence-corrected chi connectivity index (χ2v) is 6.99. The highest BCUT2D eigenvalue weighted by Gasteiger charge is 2.09. The van der Waals surface area contributed by atoms with Gasteiger partial charge in [-0.25, -0.2) is 4.98 Å². The number of nitrogens with zero attached hydrogens (tertiary/aromatic N) is 2. The Balaban J connectivity index is 1.79. The lowest BCUT2D eigenvalue weighted by Crippen LogP contribution is -1.94. The summed E-state index contributed by atoms with van der Waals surface area (Å²) in [5, 5.41) is 15.4. The van der Waals surface area contributed by atoms with Gasteiger partial charge in [0.25, 0.3) is 0 Å². The number of anilines is 1. The van der Waals surface area contributed by atoms with Crippen molar-refractivity contribution < 1.29 is 4.74 Å². The van der Waals surface area contributed by atoms with Crippen molar-refractivity contribution in [2.24, 2.45) is 0 Å². The average Bonchev–Trinajstić information content (AvgIpc) is 3.14. The van der Waals surface area contributed by atoms with Crippen LogP contribution in [-0.4, -0.2) is 11.6 Å². The third-order valence-corrected chi connectivity index (χ3v) is 4.95. The molecule has 3 aromatic rings. The second-order valence-electron chi connectivity index (χ2n) is 6.13. The summed E-state index contributed by atoms with van der Waals surface area (Å²) in [5.41, 5.74) is 5.69. The van der Waals surface area contributed by atoms with Crippen molar-refractivity contribution in [1.29, 1.82) is 5.26 Å². The molecule has 0 saturated heterocycles. The van der Waals surface area contributed by atoms with Crippen molar-refractivity contribution in [3.05, 3.63) is 70.2 Å². The molecule has 0 fully saturated rings. The van der Waals surface area contributed by atoms with E-state index in [2.05, 4.69) is 29.4 Å². The number of rotatable bonds is 6. The van der Waals surface area contributed by atoms with Crippen molar-refractivity contribution in [3.8, 4) is 23.1 Å². The van der Waals surface area contributed by atoms with Crippen LogP contribution in [0.3, 0.4) is 0 Å². The molecule has 0 bridgehead atoms. The average molecular weight is 375 g/mol. The van der Waals surface area contributed by atoms with Gasteiger partial charge in [0.2, 0.25) is 0 Å². The van der Waals surface area contributed by atoms with Gasteiger partial charge in [0.1, 0.15) is 22.4 Å². The molecule has 0 saturated carbocycles. The minimum atomic E-state index is 0.511. The predicted octanol–water partition coefficient (Wildman–Crippen LogP) is 5.80. The lowest BCUT2D eigenvalue weighted by molar-refractivity contribution is 0.340. The van der Waals surface area contributed by atoms with E-state index in [0.29, 0.717) is 17.2 Å². The third-order valence-electron chi connectivity index (χ3n) is 4.07. The van der Waals surface area contributed by atoms with Crippen molar-refractivity contribution >= 4 is 22.6 Å². The quantitative estimate of drug-likeness (QED) is 0.553. The third kappa shape index (κ3) is 4.55. The topological polar surface area (TPSA) is 57.9 Å². The molecule has 0 aliphatic rings. The summed E-state index contributed by atoms with van der Waals surface area (Å²) in [6.07, 6.45) is 1.72. The molecule has 2 aromatic carbocycles. The van der Waals surface area contributed by atoms with Crippen molar-refractivity contribution in [2.75, 3.05) is 11.9 Å². The van der Waals surface area contributed by atoms with Gasteiger partial charge < -0.3 is 10.1 Å². The standard InChI is InChI=1S/C22H21N3OS/c1-4-26-19-8-6-17(7-9-19)21-14-27-22(25-21)18(12-23)13-24-20-10-5-15(2)11-16(20)3/h5-11,13-14,24H,4H2,1-3H3. The Labute approximate surface area is 163 Å². The Morgan fingerprint density at radius 3 is 2.67 bits per heavy atom. The van der Waals surface area contributed by atoms with Crippen molar-refractivity contribution in [2.45, 2.75) is 20.8 Å². The van der Waals surface area contributed by atoms with Gasteiger partial charge in [0, 0.05) is 22.8 Å². The smallest absolute Gasteiger partial charge is 0.136 e. The van der Waals surface area contributed by atoms with Crippen LogP contribution >= 0.6 is 11.3 Å². The number of aromatic nitrogens is 1. The van der Waals surface area contributed by atoms with Crippen LogP contribution in [0, 0.1) is 25.2 Å². The van der Waals surface area contributed by atoms with Crippen LogP contribution in [0.5, 0.6) is 5.75 Å². The highest BCUT2D eigenvalue weighted by atomic mass is 32.1. The first-order valence-electron chi connectivity index (χ1n) is 8.74. The van der Waals surface area contributed by atoms with Gasteiger partial charge in [-0.05, 0) is 56.7 Å². The molecule has 0 aliphatic carbocycles. The maximum Gasteiger partial charge on any atom is 0.136 e. The number of nitriles is 1. The molecular weight excluding hydrogens is 354 g/mol. The molecule has 1 heterocycles. The Kier molecular flexibility index (Phi) is 5.90. The van der Waals surface area contributed by atoms with Gasteiger partial charge in [0.05, 0.1) is 12.3 Å². The van der Waals surface area contributed by atoms with Crippen molar-refractivity contribution in [1.82, 2.24) is 4.98 Å². The van der Waals surface area contributed by atoms with E-state index in [1.54, 1.807) is 6.20 Å². The monoisotopic (exact) mass is 375 g/mol. The SMILES string of the molecule is CCOc1ccc(-c2csc(C(C#N)=CNc3ccc(C)cc3C)n2)cc1. The molecule has 0 unspecified atom stereocenters. The van der Waals surface area contributed by atoms with E-state index in [9.17, 15) is 5.26 Å². The predicted molar refractivity (Wildman–Crippen MR) is 112 cm³/mol. The fourth-order valence-corrected chi connectivity index (χ4v) is 3.48. The summed E-state index contributed by atoms with van der Waals surface area (Å²) < 4.78 is 5.47. The van der Waals surface area contributed by atoms with Gasteiger partial charge in [-0.15, -0.1) is 11.3 Å². The Morgan fingerprint density at radius 1 is 1.22 bits per heavy atom. The Hall–Kier alpha value is -3.10. The first-order chi connectivity index (χ1) is 13.1. The lowest BCUT2D eigenvalue weighted by atomic mass is 10.1. The van der Waals surface area contributed by atoms with Crippen molar-refractivity contribution in [3.63, 3.8) is 0 Å². The highest BCUT2D eigenvalue weighted by Crippen LogP contribution is 2.27. The number of benzene rings is 2. The van der Waals surface area contributed by atoms with Crippen LogP contribution < -0.4 is 10.1 Å². The zero-order chi connectivity index (χ0) is 19.2. The van der Waals surface area contributed by atoms with E-state index in [-0.39, 0.29) is 0 Å². The van der Waals surface area contributed by atoms with E-state index in [0.717, 1.165) is 28.3 Å². The number of aryl methyl sites for hydroxylation is 2. The number of allylic oxidation sites excluding steroid dienone is 1. The van der Waals surface area contributed by atoms with Gasteiger partial charge in [-0.2, -0.15) is 5.26 Å². The fourth-order valence-electron chi connectivity index (χ4n) is 2.69. The van der Waals surface area contributed by atoms with E-state index < -0.39 is 0 Å². The molecule has 1 N–H and O–H groups in total. The minimum Gasteiger partial charge on any atom is -0.494 e. The molecule has 5 heteroatoms. The van der Waals surface area contributed by atoms with Gasteiger partial charge >= 0.3 is 0 Å². The van der Waals surface area contributed by atoms with Gasteiger partial charge in [-0.3, -0.25) is 0 Å². The summed E-state index contributed by atoms with van der Waals surface area (Å²) in [7, 11) is 0. The first-order valence-corrected chi connectivity index (χ1v) is 9.62. The maximum atomic E-state index is 9.54. The van der Waals surface area contributed by atoms with E-state index in [1.165, 1.54) is 16.9 Å². The number of nitrogens with one attached hydrogen (secondary N) is 1. The van der Waals surface area contributed by atoms with Crippen LogP contribution in [0.25, 0.3) is 16.8 Å². The zero-order valence-electron chi connectivity index (χ0n) is 15.6. The summed E-state index contributed by atoms with van der Waals surface area (Å²) in [6.45, 7) is 6.71. The summed E-state index contributed by atoms with van der Waals surface area (Å²) >= 11 is 1.46. The number of ether oxygens (including phenoxy) is 1. The molecule has 0 radical (unpaired) electrons. The molecule has 0 atom stereocenters. The summed E-state index contributed by atoms with van der Waals surface area (Å²) in [6, 6.07) is 16.2. The summed E-state index contributed by atoms with van der Waals surface area (Å²) in [5.74, 6) is 0.840. The zero-order valence-corrected chi connectivity index (χ0v) is 16.4. The normalized spacial score (nSPS) is 11.1. The lowest BCUT2D eigenvalue weighted by Gasteiger charge is -2.06. The van der Waals surface area contributed by atoms with Crippen LogP contribution in [0.4, 0.5) is 5.69 Å². The van der Waals surface area contributed by atoms with Crippen LogP contribution in [0.15, 0.2) is 54.0 Å². The Bertz CT molecular complexity index is 997. The molecule has 27 heavy (non-hydrogen) atoms. The molecule has 136 valence electrons. The highest BCUT2D eigenvalue weighted by molar-refractivity contribution is 7.11. The largest absolute Gasteiger partial charge is 0.494 e. The number of hydrogen-bond donors (Lipinski definition) is 1. The van der Waals surface area contributed by atoms with Crippen LogP contribution in [0.2, 0.25) is 0 Å². The second kappa shape index (κ2) is 8.52. The number of thiazole rings is 1. The van der Waals surface area contributed by atoms with Crippen LogP contribution in [0.1, 0.15) is 23.1 Å². The van der Waals surface area contributed by atoms with E-state index in [4.69, 9.17) is 4.74 Å². The summed E-state index contributed by atoms with van der Waals surface area (Å²) in [4.78, 5) is 4.62. The fraction of sp³-hybridized carbons (Fsp3) is 0.182. The molecular formula is C22H21N3OS. The van der Waals surface area contributed by atoms with E-state index in [1.807, 2.05) is 55.6 Å². The van der Waals surface area contributed by atoms with Gasteiger partial charge in [0.15, 0.2) is 0 Å².